The minimum Gasteiger partial charge on any atom is -0.373 e. The number of hydrogen-bond acceptors (Lipinski definition) is 7. The Hall–Kier alpha value is -4.35. The van der Waals surface area contributed by atoms with E-state index in [2.05, 4.69) is 31.0 Å². The predicted octanol–water partition coefficient (Wildman–Crippen LogP) is 2.59. The number of rotatable bonds is 6. The SMILES string of the molecule is CNc1cc(Nc2cccn(-c3ccccn3)c2=O)nc2c(C(=O)N[C@H]3CCC3(F)F)cnn12. The molecule has 1 fully saturated rings. The lowest BCUT2D eigenvalue weighted by atomic mass is 9.88. The fourth-order valence-corrected chi connectivity index (χ4v) is 3.69. The van der Waals surface area contributed by atoms with Gasteiger partial charge in [0, 0.05) is 31.9 Å². The quantitative estimate of drug-likeness (QED) is 0.400. The van der Waals surface area contributed by atoms with E-state index in [-0.39, 0.29) is 41.1 Å². The van der Waals surface area contributed by atoms with Crippen LogP contribution in [0.1, 0.15) is 23.2 Å². The molecule has 1 aliphatic carbocycles. The molecule has 1 aliphatic rings. The van der Waals surface area contributed by atoms with Crippen molar-refractivity contribution in [2.24, 2.45) is 0 Å². The molecule has 34 heavy (non-hydrogen) atoms. The van der Waals surface area contributed by atoms with Gasteiger partial charge in [-0.1, -0.05) is 6.07 Å². The Morgan fingerprint density at radius 3 is 2.76 bits per heavy atom. The highest BCUT2D eigenvalue weighted by Gasteiger charge is 2.49. The number of hydrogen-bond donors (Lipinski definition) is 3. The fourth-order valence-electron chi connectivity index (χ4n) is 3.69. The number of pyridine rings is 2. The van der Waals surface area contributed by atoms with Crippen molar-refractivity contribution in [2.45, 2.75) is 24.8 Å². The zero-order valence-corrected chi connectivity index (χ0v) is 18.0. The summed E-state index contributed by atoms with van der Waals surface area (Å²) in [7, 11) is 1.66. The summed E-state index contributed by atoms with van der Waals surface area (Å²) in [5.74, 6) is -2.42. The van der Waals surface area contributed by atoms with Gasteiger partial charge < -0.3 is 16.0 Å². The number of aromatic nitrogens is 5. The van der Waals surface area contributed by atoms with Crippen LogP contribution < -0.4 is 21.5 Å². The summed E-state index contributed by atoms with van der Waals surface area (Å²) in [6.07, 6.45) is 4.41. The van der Waals surface area contributed by atoms with Gasteiger partial charge >= 0.3 is 0 Å². The minimum absolute atomic E-state index is 0.0433. The molecule has 1 saturated carbocycles. The van der Waals surface area contributed by atoms with E-state index in [0.717, 1.165) is 0 Å². The van der Waals surface area contributed by atoms with Crippen molar-refractivity contribution in [3.8, 4) is 5.82 Å². The Kier molecular flexibility index (Phi) is 5.19. The smallest absolute Gasteiger partial charge is 0.279 e. The van der Waals surface area contributed by atoms with Crippen LogP contribution in [-0.4, -0.2) is 49.1 Å². The molecular weight excluding hydrogens is 446 g/mol. The number of fused-ring (bicyclic) bond motifs is 1. The van der Waals surface area contributed by atoms with Crippen LogP contribution in [0.3, 0.4) is 0 Å². The molecule has 5 rings (SSSR count). The molecule has 0 aromatic carbocycles. The average molecular weight is 466 g/mol. The lowest BCUT2D eigenvalue weighted by molar-refractivity contribution is -0.102. The molecule has 10 nitrogen and oxygen atoms in total. The summed E-state index contributed by atoms with van der Waals surface area (Å²) in [6.45, 7) is 0. The van der Waals surface area contributed by atoms with Crippen LogP contribution in [0.25, 0.3) is 11.5 Å². The van der Waals surface area contributed by atoms with Crippen molar-refractivity contribution in [3.63, 3.8) is 0 Å². The molecule has 1 amide bonds. The molecule has 0 saturated heterocycles. The van der Waals surface area contributed by atoms with Gasteiger partial charge in [0.2, 0.25) is 0 Å². The van der Waals surface area contributed by atoms with Crippen LogP contribution >= 0.6 is 0 Å². The highest BCUT2D eigenvalue weighted by Crippen LogP contribution is 2.37. The first-order chi connectivity index (χ1) is 16.4. The van der Waals surface area contributed by atoms with Gasteiger partial charge in [-0.2, -0.15) is 9.61 Å². The molecule has 0 spiro atoms. The standard InChI is InChI=1S/C22H20F2N8O2/c1-25-18-11-16(28-14-5-4-10-31(21(14)34)17-6-2-3-9-26-17)30-19-13(12-27-32(18)19)20(33)29-15-7-8-22(15,23)24/h2-6,9-12,15,25H,7-8H2,1H3,(H,28,30)(H,29,33)/t15-/m0/s1. The molecule has 4 heterocycles. The monoisotopic (exact) mass is 466 g/mol. The second-order valence-corrected chi connectivity index (χ2v) is 7.81. The number of alkyl halides is 2. The molecule has 1 atom stereocenters. The zero-order chi connectivity index (χ0) is 23.9. The van der Waals surface area contributed by atoms with Gasteiger partial charge in [-0.05, 0) is 30.7 Å². The van der Waals surface area contributed by atoms with Gasteiger partial charge in [-0.3, -0.25) is 14.2 Å². The molecular formula is C22H20F2N8O2. The zero-order valence-electron chi connectivity index (χ0n) is 18.0. The highest BCUT2D eigenvalue weighted by molar-refractivity contribution is 6.00. The number of halogens is 2. The van der Waals surface area contributed by atoms with Crippen LogP contribution in [0.5, 0.6) is 0 Å². The molecule has 0 aliphatic heterocycles. The molecule has 0 radical (unpaired) electrons. The molecule has 3 N–H and O–H groups in total. The first-order valence-electron chi connectivity index (χ1n) is 10.5. The Labute approximate surface area is 191 Å². The van der Waals surface area contributed by atoms with Crippen LogP contribution in [0.15, 0.2) is 59.8 Å². The number of anilines is 3. The molecule has 174 valence electrons. The summed E-state index contributed by atoms with van der Waals surface area (Å²) >= 11 is 0. The van der Waals surface area contributed by atoms with Crippen LogP contribution in [0, 0.1) is 0 Å². The van der Waals surface area contributed by atoms with E-state index in [1.807, 2.05) is 0 Å². The van der Waals surface area contributed by atoms with Crippen molar-refractivity contribution in [1.82, 2.24) is 29.5 Å². The Morgan fingerprint density at radius 1 is 1.24 bits per heavy atom. The maximum Gasteiger partial charge on any atom is 0.279 e. The molecule has 0 unspecified atom stereocenters. The van der Waals surface area contributed by atoms with E-state index in [0.29, 0.717) is 11.6 Å². The van der Waals surface area contributed by atoms with E-state index in [4.69, 9.17) is 0 Å². The largest absolute Gasteiger partial charge is 0.373 e. The fraction of sp³-hybridized carbons (Fsp3) is 0.227. The van der Waals surface area contributed by atoms with Gasteiger partial charge in [0.25, 0.3) is 17.4 Å². The maximum absolute atomic E-state index is 13.6. The number of carbonyl (C=O) groups excluding carboxylic acids is 1. The molecule has 12 heteroatoms. The topological polar surface area (TPSA) is 118 Å². The Morgan fingerprint density at radius 2 is 2.09 bits per heavy atom. The molecule has 4 aromatic heterocycles. The lowest BCUT2D eigenvalue weighted by Gasteiger charge is -2.36. The van der Waals surface area contributed by atoms with Crippen molar-refractivity contribution in [2.75, 3.05) is 17.7 Å². The van der Waals surface area contributed by atoms with E-state index in [1.54, 1.807) is 55.8 Å². The summed E-state index contributed by atoms with van der Waals surface area (Å²) < 4.78 is 30.0. The van der Waals surface area contributed by atoms with Crippen LogP contribution in [0.2, 0.25) is 0 Å². The first-order valence-corrected chi connectivity index (χ1v) is 10.5. The summed E-state index contributed by atoms with van der Waals surface area (Å²) in [6, 6.07) is 8.91. The van der Waals surface area contributed by atoms with Crippen LogP contribution in [0.4, 0.5) is 26.1 Å². The third-order valence-corrected chi connectivity index (χ3v) is 5.66. The van der Waals surface area contributed by atoms with E-state index >= 15 is 0 Å². The van der Waals surface area contributed by atoms with E-state index < -0.39 is 17.9 Å². The number of carbonyl (C=O) groups is 1. The van der Waals surface area contributed by atoms with Crippen LogP contribution in [-0.2, 0) is 0 Å². The van der Waals surface area contributed by atoms with Crippen molar-refractivity contribution >= 4 is 28.9 Å². The Bertz CT molecular complexity index is 1430. The number of nitrogens with zero attached hydrogens (tertiary/aromatic N) is 5. The van der Waals surface area contributed by atoms with Crippen molar-refractivity contribution in [3.05, 3.63) is 70.9 Å². The van der Waals surface area contributed by atoms with Gasteiger partial charge in [-0.25, -0.2) is 18.7 Å². The minimum atomic E-state index is -2.92. The number of amides is 1. The summed E-state index contributed by atoms with van der Waals surface area (Å²) in [4.78, 5) is 34.3. The lowest BCUT2D eigenvalue weighted by Crippen LogP contribution is -2.55. The van der Waals surface area contributed by atoms with E-state index in [1.165, 1.54) is 15.3 Å². The third kappa shape index (κ3) is 3.72. The highest BCUT2D eigenvalue weighted by atomic mass is 19.3. The summed E-state index contributed by atoms with van der Waals surface area (Å²) in [5, 5.41) is 12.4. The normalized spacial score (nSPS) is 16.6. The second-order valence-electron chi connectivity index (χ2n) is 7.81. The van der Waals surface area contributed by atoms with Gasteiger partial charge in [0.05, 0.1) is 12.2 Å². The first kappa shape index (κ1) is 21.5. The summed E-state index contributed by atoms with van der Waals surface area (Å²) in [5.41, 5.74) is 0.0662. The molecule has 0 bridgehead atoms. The Balaban J connectivity index is 1.50. The number of nitrogens with one attached hydrogen (secondary N) is 3. The average Bonchev–Trinajstić information content (AvgIpc) is 3.27. The van der Waals surface area contributed by atoms with E-state index in [9.17, 15) is 18.4 Å². The van der Waals surface area contributed by atoms with Gasteiger partial charge in [0.1, 0.15) is 28.7 Å². The maximum atomic E-state index is 13.6. The predicted molar refractivity (Wildman–Crippen MR) is 121 cm³/mol. The van der Waals surface area contributed by atoms with Gasteiger partial charge in [0.15, 0.2) is 5.65 Å². The third-order valence-electron chi connectivity index (χ3n) is 5.66. The van der Waals surface area contributed by atoms with Crippen molar-refractivity contribution in [1.29, 1.82) is 0 Å². The molecule has 4 aromatic rings. The van der Waals surface area contributed by atoms with Crippen molar-refractivity contribution < 1.29 is 13.6 Å². The van der Waals surface area contributed by atoms with Gasteiger partial charge in [-0.15, -0.1) is 0 Å². The second kappa shape index (κ2) is 8.21.